The number of halogens is 1. The first-order valence-corrected chi connectivity index (χ1v) is 18.9. The molecule has 0 bridgehead atoms. The second kappa shape index (κ2) is 15.5. The Hall–Kier alpha value is -2.29. The molecule has 0 aliphatic rings. The average Bonchev–Trinajstić information content (AvgIpc) is 2.97. The molecule has 3 aromatic rings. The van der Waals surface area contributed by atoms with Gasteiger partial charge in [0.15, 0.2) is 0 Å². The quantitative estimate of drug-likeness (QED) is 0.0671. The summed E-state index contributed by atoms with van der Waals surface area (Å²) in [5, 5.41) is 1.33. The normalized spacial score (nSPS) is 13.3. The second-order valence-electron chi connectivity index (χ2n) is 10.4. The van der Waals surface area contributed by atoms with Crippen LogP contribution in [0.4, 0.5) is 0 Å². The van der Waals surface area contributed by atoms with Gasteiger partial charge in [-0.05, 0) is 13.8 Å². The zero-order valence-corrected chi connectivity index (χ0v) is 26.0. The minimum atomic E-state index is -2.81. The van der Waals surface area contributed by atoms with Gasteiger partial charge in [0, 0.05) is 0 Å². The third-order valence-electron chi connectivity index (χ3n) is 7.77. The Morgan fingerprint density at radius 3 is 1.44 bits per heavy atom. The summed E-state index contributed by atoms with van der Waals surface area (Å²) in [5.41, 5.74) is 0. The van der Waals surface area contributed by atoms with Crippen molar-refractivity contribution in [3.63, 3.8) is 0 Å². The molecular weight excluding hydrogens is 567 g/mol. The molecule has 0 fully saturated rings. The molecule has 0 aromatic heterocycles. The first kappa shape index (κ1) is 31.2. The molecule has 0 spiro atoms. The van der Waals surface area contributed by atoms with Crippen molar-refractivity contribution in [2.24, 2.45) is 5.92 Å². The number of benzene rings is 3. The number of unbranched alkanes of at least 4 members (excludes halogenated alkanes) is 7. The molecule has 0 amide bonds. The monoisotopic (exact) mass is 610 g/mol. The van der Waals surface area contributed by atoms with Crippen molar-refractivity contribution in [2.75, 3.05) is 12.8 Å². The Balaban J connectivity index is 1.56. The topological polar surface area (TPSA) is 43.4 Å². The van der Waals surface area contributed by atoms with Gasteiger partial charge in [0.2, 0.25) is 0 Å². The van der Waals surface area contributed by atoms with Crippen molar-refractivity contribution in [1.82, 2.24) is 0 Å². The van der Waals surface area contributed by atoms with E-state index in [0.717, 1.165) is 31.8 Å². The molecule has 210 valence electrons. The molecule has 0 aliphatic heterocycles. The van der Waals surface area contributed by atoms with Crippen molar-refractivity contribution in [3.05, 3.63) is 91.0 Å². The van der Waals surface area contributed by atoms with Gasteiger partial charge < -0.3 is 4.74 Å². The average molecular weight is 612 g/mol. The molecular formula is C34H44BrO3P. The van der Waals surface area contributed by atoms with Gasteiger partial charge >= 0.3 is 209 Å². The van der Waals surface area contributed by atoms with Crippen molar-refractivity contribution in [3.8, 4) is 0 Å². The van der Waals surface area contributed by atoms with Crippen molar-refractivity contribution < 1.29 is 14.3 Å². The first-order chi connectivity index (χ1) is 18.9. The molecule has 0 aliphatic carbocycles. The van der Waals surface area contributed by atoms with Crippen LogP contribution < -0.4 is 15.9 Å². The molecule has 39 heavy (non-hydrogen) atoms. The van der Waals surface area contributed by atoms with Crippen LogP contribution in [0.3, 0.4) is 0 Å². The minimum absolute atomic E-state index is 0.0843. The summed E-state index contributed by atoms with van der Waals surface area (Å²) in [4.78, 5) is 23.8. The van der Waals surface area contributed by atoms with E-state index in [2.05, 4.69) is 106 Å². The summed E-state index contributed by atoms with van der Waals surface area (Å²) in [6.07, 6.45) is 10.8. The van der Waals surface area contributed by atoms with Crippen LogP contribution in [-0.2, 0) is 14.3 Å². The zero-order valence-electron chi connectivity index (χ0n) is 23.6. The number of hydrogen-bond acceptors (Lipinski definition) is 3. The molecule has 3 aromatic carbocycles. The molecule has 0 N–H and O–H groups in total. The molecule has 3 rings (SSSR count). The molecule has 3 nitrogen and oxygen atoms in total. The van der Waals surface area contributed by atoms with E-state index >= 15 is 0 Å². The van der Waals surface area contributed by atoms with Gasteiger partial charge in [-0.3, -0.25) is 9.59 Å². The molecule has 1 atom stereocenters. The Labute approximate surface area is 243 Å². The zero-order chi connectivity index (χ0) is 28.0. The van der Waals surface area contributed by atoms with Gasteiger partial charge in [0.1, 0.15) is 0 Å². The smallest absolute Gasteiger partial charge is 0.299 e. The molecule has 1 unspecified atom stereocenters. The summed E-state index contributed by atoms with van der Waals surface area (Å²) < 4.78 is 5.05. The van der Waals surface area contributed by atoms with E-state index in [-0.39, 0.29) is 11.8 Å². The molecule has 0 heterocycles. The summed E-state index contributed by atoms with van der Waals surface area (Å²) in [6, 6.07) is 33.1. The molecule has 0 saturated carbocycles. The van der Waals surface area contributed by atoms with Crippen molar-refractivity contribution in [1.29, 1.82) is 0 Å². The van der Waals surface area contributed by atoms with Gasteiger partial charge in [-0.1, -0.05) is 0 Å². The number of hydrogen-bond donors (Lipinski definition) is 0. The Bertz CT molecular complexity index is 1050. The van der Waals surface area contributed by atoms with E-state index in [9.17, 15) is 9.59 Å². The van der Waals surface area contributed by atoms with E-state index in [1.54, 1.807) is 6.92 Å². The van der Waals surface area contributed by atoms with E-state index < -0.39 is 11.2 Å². The Morgan fingerprint density at radius 2 is 1.05 bits per heavy atom. The number of rotatable bonds is 17. The maximum atomic E-state index is 12.0. The van der Waals surface area contributed by atoms with E-state index in [1.165, 1.54) is 48.5 Å². The van der Waals surface area contributed by atoms with Crippen LogP contribution in [0.15, 0.2) is 91.0 Å². The van der Waals surface area contributed by atoms with Crippen LogP contribution in [0, 0.1) is 5.92 Å². The first-order valence-electron chi connectivity index (χ1n) is 14.5. The fraction of sp³-hybridized carbons (Fsp3) is 0.412. The number of Topliss-reactive ketones (excluding diaryl/α,β-unsaturated/α-hetero) is 1. The predicted octanol–water partition coefficient (Wildman–Crippen LogP) is 8.11. The van der Waals surface area contributed by atoms with Crippen LogP contribution >= 0.6 is 20.8 Å². The van der Waals surface area contributed by atoms with E-state index in [0.29, 0.717) is 13.0 Å². The summed E-state index contributed by atoms with van der Waals surface area (Å²) in [6.45, 7) is 3.59. The van der Waals surface area contributed by atoms with Crippen LogP contribution in [0.25, 0.3) is 0 Å². The number of carbonyl (C=O) groups excluding carboxylic acids is 2. The second-order valence-corrected chi connectivity index (χ2v) is 19.5. The molecule has 0 saturated heterocycles. The Morgan fingerprint density at radius 1 is 0.667 bits per heavy atom. The van der Waals surface area contributed by atoms with Crippen LogP contribution in [0.2, 0.25) is 0 Å². The number of ketones is 1. The third kappa shape index (κ3) is 7.89. The summed E-state index contributed by atoms with van der Waals surface area (Å²) >= 11 is 4.54. The SMILES string of the molecule is CCOC(=O)C(CCCCCCCCCCP(Br)(c1ccccc1)(c1ccccc1)c1ccccc1)C(C)=O. The Kier molecular flexibility index (Phi) is 12.4. The molecule has 0 radical (unpaired) electrons. The van der Waals surface area contributed by atoms with Gasteiger partial charge in [-0.2, -0.15) is 0 Å². The maximum absolute atomic E-state index is 12.0. The summed E-state index contributed by atoms with van der Waals surface area (Å²) in [7, 11) is 0. The van der Waals surface area contributed by atoms with E-state index in [4.69, 9.17) is 4.74 Å². The van der Waals surface area contributed by atoms with Gasteiger partial charge in [-0.25, -0.2) is 0 Å². The van der Waals surface area contributed by atoms with Gasteiger partial charge in [0.05, 0.1) is 6.61 Å². The third-order valence-corrected chi connectivity index (χ3v) is 17.8. The fourth-order valence-electron chi connectivity index (χ4n) is 5.60. The van der Waals surface area contributed by atoms with Crippen LogP contribution in [0.1, 0.15) is 71.6 Å². The van der Waals surface area contributed by atoms with E-state index in [1.807, 2.05) is 0 Å². The van der Waals surface area contributed by atoms with Crippen LogP contribution in [-0.4, -0.2) is 24.5 Å². The van der Waals surface area contributed by atoms with Gasteiger partial charge in [-0.15, -0.1) is 0 Å². The standard InChI is InChI=1S/C34H44BrO3P/c1-3-38-34(37)33(29(2)36)27-19-8-6-4-5-7-9-20-28-39(35,30-21-13-10-14-22-30,31-23-15-11-16-24-31)32-25-17-12-18-26-32/h10-18,21-26,33H,3-9,19-20,27-28H2,1-2H3. The number of carbonyl (C=O) groups is 2. The fourth-order valence-corrected chi connectivity index (χ4v) is 13.3. The molecule has 5 heteroatoms. The minimum Gasteiger partial charge on any atom is -0.299 e. The number of ether oxygens (including phenoxy) is 1. The predicted molar refractivity (Wildman–Crippen MR) is 171 cm³/mol. The van der Waals surface area contributed by atoms with Gasteiger partial charge in [0.25, 0.3) is 0 Å². The van der Waals surface area contributed by atoms with Crippen LogP contribution in [0.5, 0.6) is 0 Å². The van der Waals surface area contributed by atoms with Crippen molar-refractivity contribution in [2.45, 2.75) is 71.6 Å². The van der Waals surface area contributed by atoms with Crippen molar-refractivity contribution >= 4 is 48.5 Å². The number of esters is 1. The summed E-state index contributed by atoms with van der Waals surface area (Å²) in [5.74, 6) is -1.04.